The summed E-state index contributed by atoms with van der Waals surface area (Å²) in [6.45, 7) is 33.2. The highest BCUT2D eigenvalue weighted by molar-refractivity contribution is 6.31. The molecule has 20 rings (SSSR count). The van der Waals surface area contributed by atoms with Crippen LogP contribution in [0.1, 0.15) is 171 Å². The zero-order chi connectivity index (χ0) is 80.2. The number of nitrogens with zero attached hydrogens (tertiary/aromatic N) is 7. The van der Waals surface area contributed by atoms with Gasteiger partial charge in [-0.05, 0) is 198 Å². The molecule has 5 fully saturated rings. The van der Waals surface area contributed by atoms with Crippen LogP contribution in [0.2, 0.25) is 5.02 Å². The largest absolute Gasteiger partial charge is 0.508 e. The van der Waals surface area contributed by atoms with Crippen LogP contribution >= 0.6 is 11.6 Å². The van der Waals surface area contributed by atoms with Crippen molar-refractivity contribution in [3.05, 3.63) is 347 Å². The molecule has 0 saturated carbocycles. The second kappa shape index (κ2) is 36.9. The molecular formula is C102H112ClN7O7. The molecule has 10 aromatic carbocycles. The molecule has 15 heteroatoms. The van der Waals surface area contributed by atoms with E-state index in [0.717, 1.165) is 217 Å². The molecule has 0 aliphatic carbocycles. The maximum absolute atomic E-state index is 9.24. The number of piperidine rings is 5. The van der Waals surface area contributed by atoms with Crippen molar-refractivity contribution in [2.24, 2.45) is 0 Å². The Morgan fingerprint density at radius 1 is 0.385 bits per heavy atom. The third-order valence-electron chi connectivity index (χ3n) is 26.5. The second-order valence-corrected chi connectivity index (χ2v) is 34.0. The fraction of sp³-hybridized carbons (Fsp3) is 0.392. The molecular weight excluding hydrogens is 1470 g/mol. The zero-order valence-electron chi connectivity index (χ0n) is 68.7. The first-order chi connectivity index (χ1) is 57.3. The van der Waals surface area contributed by atoms with Gasteiger partial charge in [-0.1, -0.05) is 223 Å². The van der Waals surface area contributed by atoms with Gasteiger partial charge in [-0.3, -0.25) is 24.5 Å². The summed E-state index contributed by atoms with van der Waals surface area (Å²) in [6, 6.07) is 83.1. The highest BCUT2D eigenvalue weighted by Crippen LogP contribution is 2.50. The van der Waals surface area contributed by atoms with Gasteiger partial charge in [0.15, 0.2) is 0 Å². The zero-order valence-corrected chi connectivity index (χ0v) is 69.5. The molecule has 0 radical (unpaired) electrons. The summed E-state index contributed by atoms with van der Waals surface area (Å²) < 4.78 is 42.3. The molecule has 604 valence electrons. The van der Waals surface area contributed by atoms with Gasteiger partial charge in [-0.15, -0.1) is 0 Å². The Kier molecular flexibility index (Phi) is 25.7. The molecule has 5 saturated heterocycles. The van der Waals surface area contributed by atoms with E-state index in [4.69, 9.17) is 51.3 Å². The molecule has 0 amide bonds. The number of methoxy groups -OCH3 is 1. The van der Waals surface area contributed by atoms with Gasteiger partial charge in [-0.25, -0.2) is 4.85 Å². The van der Waals surface area contributed by atoms with Crippen molar-refractivity contribution >= 4 is 17.3 Å². The standard InChI is InChI=1S/C22H27NO2.C21H22N2O2.C20H20N2O.C20H23NO.C19H20ClNO/c1-3-24-21-14-18(9-8-17(21)2)15-23-12-10-22(11-13-23)20-7-5-4-6-19(20)16-25-22;1-22-19-8-7-16(13-20(19)24-2)14-23-11-9-21(10-12-23)18-6-4-3-5-17(18)15-25-21;21-13-16-5-1-2-6-17(16)14-22-11-9-20(10-12-22)19-8-4-3-7-18(19)15-23-20;1-16-6-8-17(9-7-16)14-21-12-10-20(11-13-21)19-5-3-2-4-18(19)15-22-20;20-18-8-4-2-5-15(18)13-21-11-9-19(10-12-21)17-7-3-1-6-16(17)14-22-19/h4-9,14H,3,10-13,15-16H2,1-2H3;3-8,13H,9-12,14-15H2,2H3;1-8H,9-12,14-15H2;2-9H,10-15H2,1H3;1-8H,9-14H2. The lowest BCUT2D eigenvalue weighted by Crippen LogP contribution is -2.42. The summed E-state index contributed by atoms with van der Waals surface area (Å²) >= 11 is 6.28. The van der Waals surface area contributed by atoms with E-state index in [1.807, 2.05) is 55.5 Å². The van der Waals surface area contributed by atoms with Crippen molar-refractivity contribution in [1.82, 2.24) is 24.5 Å². The molecule has 0 unspecified atom stereocenters. The third kappa shape index (κ3) is 18.3. The monoisotopic (exact) mass is 1580 g/mol. The molecule has 5 spiro atoms. The SMILES string of the molecule is CCOc1cc(CN2CCC3(CC2)OCc2ccccc23)ccc1C.Cc1ccc(CN2CCC3(CC2)OCc2ccccc23)cc1.Clc1ccccc1CN1CCC2(CC1)OCc1ccccc12.N#Cc1ccccc1CN1CCC2(CC1)OCc1ccccc12.[C-]#[N+]c1ccc(CN2CCC3(CC2)OCc2ccccc23)cc1OC. The van der Waals surface area contributed by atoms with Gasteiger partial charge in [0.1, 0.15) is 11.5 Å². The molecule has 10 aliphatic rings. The number of fused-ring (bicyclic) bond motifs is 10. The first kappa shape index (κ1) is 81.4. The lowest BCUT2D eigenvalue weighted by molar-refractivity contribution is -0.0800. The Hall–Kier alpha value is -9.33. The summed E-state index contributed by atoms with van der Waals surface area (Å²) in [5.74, 6) is 1.68. The van der Waals surface area contributed by atoms with Crippen LogP contribution in [0.3, 0.4) is 0 Å². The van der Waals surface area contributed by atoms with Crippen molar-refractivity contribution in [2.75, 3.05) is 79.2 Å². The fourth-order valence-corrected chi connectivity index (χ4v) is 19.9. The molecule has 0 atom stereocenters. The molecule has 0 aromatic heterocycles. The van der Waals surface area contributed by atoms with Crippen molar-refractivity contribution in [1.29, 1.82) is 5.26 Å². The quantitative estimate of drug-likeness (QED) is 0.102. The highest BCUT2D eigenvalue weighted by Gasteiger charge is 2.47. The molecule has 10 aliphatic heterocycles. The third-order valence-corrected chi connectivity index (χ3v) is 26.9. The van der Waals surface area contributed by atoms with Crippen LogP contribution in [-0.4, -0.2) is 104 Å². The predicted octanol–water partition coefficient (Wildman–Crippen LogP) is 20.6. The summed E-state index contributed by atoms with van der Waals surface area (Å²) in [5.41, 5.74) is 23.7. The lowest BCUT2D eigenvalue weighted by Gasteiger charge is -2.39. The Bertz CT molecular complexity index is 5130. The summed E-state index contributed by atoms with van der Waals surface area (Å²) in [4.78, 5) is 16.0. The number of ether oxygens (including phenoxy) is 7. The van der Waals surface area contributed by atoms with E-state index in [0.29, 0.717) is 18.0 Å². The van der Waals surface area contributed by atoms with Gasteiger partial charge in [-0.2, -0.15) is 5.26 Å². The van der Waals surface area contributed by atoms with Crippen LogP contribution in [-0.2, 0) is 117 Å². The number of benzene rings is 10. The van der Waals surface area contributed by atoms with Crippen LogP contribution in [0.25, 0.3) is 4.85 Å². The number of aryl methyl sites for hydroxylation is 2. The molecule has 10 heterocycles. The molecule has 10 aromatic rings. The average molecular weight is 1580 g/mol. The van der Waals surface area contributed by atoms with Crippen LogP contribution in [0.15, 0.2) is 231 Å². The van der Waals surface area contributed by atoms with Crippen molar-refractivity contribution < 1.29 is 33.2 Å². The Morgan fingerprint density at radius 2 is 0.701 bits per heavy atom. The number of hydrogen-bond acceptors (Lipinski definition) is 13. The van der Waals surface area contributed by atoms with E-state index in [1.165, 1.54) is 89.0 Å². The van der Waals surface area contributed by atoms with E-state index < -0.39 is 0 Å². The maximum Gasteiger partial charge on any atom is 0.228 e. The summed E-state index contributed by atoms with van der Waals surface area (Å²) in [7, 11) is 1.62. The van der Waals surface area contributed by atoms with E-state index in [9.17, 15) is 5.26 Å². The van der Waals surface area contributed by atoms with E-state index in [-0.39, 0.29) is 28.0 Å². The molecule has 0 N–H and O–H groups in total. The van der Waals surface area contributed by atoms with Crippen LogP contribution in [0.4, 0.5) is 5.69 Å². The van der Waals surface area contributed by atoms with Crippen LogP contribution in [0, 0.1) is 31.8 Å². The maximum atomic E-state index is 9.24. The molecule has 14 nitrogen and oxygen atoms in total. The highest BCUT2D eigenvalue weighted by atomic mass is 35.5. The molecule has 117 heavy (non-hydrogen) atoms. The Labute approximate surface area is 698 Å². The van der Waals surface area contributed by atoms with Crippen LogP contribution in [0.5, 0.6) is 11.5 Å². The number of halogens is 1. The number of rotatable bonds is 13. The number of hydrogen-bond donors (Lipinski definition) is 0. The minimum Gasteiger partial charge on any atom is -0.508 e. The van der Waals surface area contributed by atoms with Gasteiger partial charge in [0.2, 0.25) is 5.69 Å². The second-order valence-electron chi connectivity index (χ2n) is 33.6. The normalized spacial score (nSPS) is 19.5. The van der Waals surface area contributed by atoms with Crippen molar-refractivity contribution in [3.63, 3.8) is 0 Å². The lowest BCUT2D eigenvalue weighted by atomic mass is 9.83. The van der Waals surface area contributed by atoms with Crippen molar-refractivity contribution in [3.8, 4) is 17.6 Å². The number of nitriles is 1. The summed E-state index contributed by atoms with van der Waals surface area (Å²) in [5, 5.41) is 10.1. The van der Waals surface area contributed by atoms with Gasteiger partial charge < -0.3 is 33.2 Å². The fourth-order valence-electron chi connectivity index (χ4n) is 19.7. The Morgan fingerprint density at radius 3 is 1.07 bits per heavy atom. The van der Waals surface area contributed by atoms with Gasteiger partial charge in [0.05, 0.1) is 93.0 Å². The minimum absolute atomic E-state index is 0.0135. The Balaban J connectivity index is 0.000000110. The topological polar surface area (TPSA) is 109 Å². The van der Waals surface area contributed by atoms with Gasteiger partial charge >= 0.3 is 0 Å². The smallest absolute Gasteiger partial charge is 0.228 e. The van der Waals surface area contributed by atoms with Crippen molar-refractivity contribution in [2.45, 2.75) is 179 Å². The van der Waals surface area contributed by atoms with Crippen LogP contribution < -0.4 is 9.47 Å². The predicted molar refractivity (Wildman–Crippen MR) is 462 cm³/mol. The average Bonchev–Trinajstić information content (AvgIpc) is 1.66. The molecule has 0 bridgehead atoms. The van der Waals surface area contributed by atoms with Gasteiger partial charge in [0.25, 0.3) is 0 Å². The number of likely N-dealkylation sites (tertiary alicyclic amines) is 5. The summed E-state index contributed by atoms with van der Waals surface area (Å²) in [6.07, 6.45) is 10.6. The first-order valence-corrected chi connectivity index (χ1v) is 42.9. The van der Waals surface area contributed by atoms with E-state index in [1.54, 1.807) is 7.11 Å². The van der Waals surface area contributed by atoms with Gasteiger partial charge in [0, 0.05) is 103 Å². The van der Waals surface area contributed by atoms with E-state index >= 15 is 0 Å². The van der Waals surface area contributed by atoms with E-state index in [2.05, 4.69) is 231 Å². The first-order valence-electron chi connectivity index (χ1n) is 42.5. The minimum atomic E-state index is -0.0846.